The number of nitrogens with two attached hydrogens (primary N) is 1. The third-order valence-electron chi connectivity index (χ3n) is 2.09. The molecule has 1 unspecified atom stereocenters. The Hall–Kier alpha value is -1.29. The van der Waals surface area contributed by atoms with Crippen LogP contribution in [0.1, 0.15) is 17.3 Å². The summed E-state index contributed by atoms with van der Waals surface area (Å²) < 4.78 is 4.82. The van der Waals surface area contributed by atoms with Gasteiger partial charge < -0.3 is 15.1 Å². The molecular formula is C9H14N2O2. The maximum Gasteiger partial charge on any atom is 0.257 e. The van der Waals surface area contributed by atoms with Crippen molar-refractivity contribution in [1.29, 1.82) is 0 Å². The zero-order chi connectivity index (χ0) is 9.84. The Morgan fingerprint density at radius 1 is 1.77 bits per heavy atom. The molecule has 0 aliphatic rings. The molecule has 1 aromatic heterocycles. The van der Waals surface area contributed by atoms with Gasteiger partial charge in [0.05, 0.1) is 11.8 Å². The lowest BCUT2D eigenvalue weighted by Crippen LogP contribution is -2.39. The van der Waals surface area contributed by atoms with Crippen molar-refractivity contribution in [3.05, 3.63) is 24.2 Å². The largest absolute Gasteiger partial charge is 0.472 e. The molecule has 2 N–H and O–H groups in total. The summed E-state index contributed by atoms with van der Waals surface area (Å²) in [5.41, 5.74) is 6.00. The lowest BCUT2D eigenvalue weighted by molar-refractivity contribution is 0.0747. The van der Waals surface area contributed by atoms with Crippen LogP contribution in [0.15, 0.2) is 23.0 Å². The topological polar surface area (TPSA) is 59.5 Å². The number of rotatable bonds is 3. The first-order valence-corrected chi connectivity index (χ1v) is 4.16. The molecule has 0 aliphatic heterocycles. The average Bonchev–Trinajstić information content (AvgIpc) is 2.67. The van der Waals surface area contributed by atoms with E-state index in [4.69, 9.17) is 10.2 Å². The van der Waals surface area contributed by atoms with Gasteiger partial charge in [-0.2, -0.15) is 0 Å². The van der Waals surface area contributed by atoms with E-state index in [-0.39, 0.29) is 11.9 Å². The van der Waals surface area contributed by atoms with E-state index < -0.39 is 0 Å². The van der Waals surface area contributed by atoms with Crippen molar-refractivity contribution >= 4 is 5.91 Å². The quantitative estimate of drug-likeness (QED) is 0.748. The Morgan fingerprint density at radius 2 is 2.46 bits per heavy atom. The van der Waals surface area contributed by atoms with E-state index in [9.17, 15) is 4.79 Å². The minimum absolute atomic E-state index is 0.0439. The number of furan rings is 1. The smallest absolute Gasteiger partial charge is 0.257 e. The Balaban J connectivity index is 2.68. The fourth-order valence-electron chi connectivity index (χ4n) is 0.948. The third kappa shape index (κ3) is 2.09. The summed E-state index contributed by atoms with van der Waals surface area (Å²) in [6, 6.07) is 1.68. The van der Waals surface area contributed by atoms with Crippen LogP contribution in [-0.4, -0.2) is 30.4 Å². The van der Waals surface area contributed by atoms with E-state index in [2.05, 4.69) is 0 Å². The van der Waals surface area contributed by atoms with Gasteiger partial charge in [0, 0.05) is 19.6 Å². The predicted octanol–water partition coefficient (Wildman–Crippen LogP) is 0.699. The number of carbonyl (C=O) groups excluding carboxylic acids is 1. The Morgan fingerprint density at radius 3 is 2.92 bits per heavy atom. The van der Waals surface area contributed by atoms with Gasteiger partial charge in [0.1, 0.15) is 6.26 Å². The normalized spacial score (nSPS) is 12.5. The van der Waals surface area contributed by atoms with Crippen LogP contribution in [0.3, 0.4) is 0 Å². The number of nitrogens with zero attached hydrogens (tertiary/aromatic N) is 1. The Labute approximate surface area is 77.3 Å². The van der Waals surface area contributed by atoms with Crippen molar-refractivity contribution in [3.8, 4) is 0 Å². The van der Waals surface area contributed by atoms with Gasteiger partial charge >= 0.3 is 0 Å². The second-order valence-electron chi connectivity index (χ2n) is 3.01. The zero-order valence-corrected chi connectivity index (χ0v) is 7.86. The van der Waals surface area contributed by atoms with Gasteiger partial charge in [0.15, 0.2) is 0 Å². The summed E-state index contributed by atoms with van der Waals surface area (Å²) in [6.45, 7) is 2.36. The van der Waals surface area contributed by atoms with E-state index in [0.717, 1.165) is 0 Å². The number of amides is 1. The molecule has 1 atom stereocenters. The number of hydrogen-bond donors (Lipinski definition) is 1. The molecule has 1 rings (SSSR count). The standard InChI is InChI=1S/C9H14N2O2/c1-7(5-10)11(2)9(12)8-3-4-13-6-8/h3-4,6-7H,5,10H2,1-2H3. The van der Waals surface area contributed by atoms with Gasteiger partial charge in [-0.1, -0.05) is 0 Å². The number of carbonyl (C=O) groups is 1. The number of hydrogen-bond acceptors (Lipinski definition) is 3. The summed E-state index contributed by atoms with van der Waals surface area (Å²) in [6.07, 6.45) is 2.91. The van der Waals surface area contributed by atoms with Crippen molar-refractivity contribution in [1.82, 2.24) is 4.90 Å². The molecule has 0 saturated heterocycles. The summed E-state index contributed by atoms with van der Waals surface area (Å²) in [4.78, 5) is 13.2. The molecule has 1 heterocycles. The van der Waals surface area contributed by atoms with Gasteiger partial charge in [0.25, 0.3) is 5.91 Å². The SMILES string of the molecule is CC(CN)N(C)C(=O)c1ccoc1. The highest BCUT2D eigenvalue weighted by Crippen LogP contribution is 2.06. The van der Waals surface area contributed by atoms with E-state index >= 15 is 0 Å². The molecule has 0 fully saturated rings. The monoisotopic (exact) mass is 182 g/mol. The van der Waals surface area contributed by atoms with Gasteiger partial charge in [-0.25, -0.2) is 0 Å². The predicted molar refractivity (Wildman–Crippen MR) is 49.3 cm³/mol. The Bertz CT molecular complexity index is 269. The molecule has 0 bridgehead atoms. The van der Waals surface area contributed by atoms with Crippen LogP contribution in [0.2, 0.25) is 0 Å². The average molecular weight is 182 g/mol. The summed E-state index contributed by atoms with van der Waals surface area (Å²) in [5.74, 6) is -0.0632. The van der Waals surface area contributed by atoms with Crippen molar-refractivity contribution in [2.75, 3.05) is 13.6 Å². The van der Waals surface area contributed by atoms with Gasteiger partial charge in [-0.05, 0) is 13.0 Å². The van der Waals surface area contributed by atoms with Gasteiger partial charge in [-0.3, -0.25) is 4.79 Å². The molecule has 0 aliphatic carbocycles. The summed E-state index contributed by atoms with van der Waals surface area (Å²) in [5, 5.41) is 0. The second kappa shape index (κ2) is 4.09. The minimum Gasteiger partial charge on any atom is -0.472 e. The molecule has 1 amide bonds. The van der Waals surface area contributed by atoms with Crippen molar-refractivity contribution in [2.45, 2.75) is 13.0 Å². The summed E-state index contributed by atoms with van der Waals surface area (Å²) >= 11 is 0. The van der Waals surface area contributed by atoms with Crippen molar-refractivity contribution in [2.24, 2.45) is 5.73 Å². The molecule has 4 heteroatoms. The van der Waals surface area contributed by atoms with Crippen LogP contribution >= 0.6 is 0 Å². The minimum atomic E-state index is -0.0632. The first kappa shape index (κ1) is 9.80. The Kier molecular flexibility index (Phi) is 3.08. The molecule has 4 nitrogen and oxygen atoms in total. The van der Waals surface area contributed by atoms with Crippen molar-refractivity contribution < 1.29 is 9.21 Å². The number of likely N-dealkylation sites (N-methyl/N-ethyl adjacent to an activating group) is 1. The van der Waals surface area contributed by atoms with Crippen molar-refractivity contribution in [3.63, 3.8) is 0 Å². The first-order chi connectivity index (χ1) is 6.16. The zero-order valence-electron chi connectivity index (χ0n) is 7.86. The van der Waals surface area contributed by atoms with E-state index in [0.29, 0.717) is 12.1 Å². The van der Waals surface area contributed by atoms with Crippen LogP contribution in [0, 0.1) is 0 Å². The maximum absolute atomic E-state index is 11.6. The fourth-order valence-corrected chi connectivity index (χ4v) is 0.948. The van der Waals surface area contributed by atoms with E-state index in [1.165, 1.54) is 12.5 Å². The molecule has 1 aromatic rings. The highest BCUT2D eigenvalue weighted by Gasteiger charge is 2.16. The van der Waals surface area contributed by atoms with Crippen LogP contribution in [0.5, 0.6) is 0 Å². The van der Waals surface area contributed by atoms with Crippen LogP contribution < -0.4 is 5.73 Å². The van der Waals surface area contributed by atoms with Crippen LogP contribution in [0.25, 0.3) is 0 Å². The lowest BCUT2D eigenvalue weighted by atomic mass is 10.2. The first-order valence-electron chi connectivity index (χ1n) is 4.16. The second-order valence-corrected chi connectivity index (χ2v) is 3.01. The molecule has 0 radical (unpaired) electrons. The van der Waals surface area contributed by atoms with Crippen LogP contribution in [0.4, 0.5) is 0 Å². The van der Waals surface area contributed by atoms with Gasteiger partial charge in [0.2, 0.25) is 0 Å². The van der Waals surface area contributed by atoms with Gasteiger partial charge in [-0.15, -0.1) is 0 Å². The molecule has 0 saturated carbocycles. The van der Waals surface area contributed by atoms with Crippen LogP contribution in [-0.2, 0) is 0 Å². The van der Waals surface area contributed by atoms with E-state index in [1.807, 2.05) is 6.92 Å². The molecule has 0 aromatic carbocycles. The fraction of sp³-hybridized carbons (Fsp3) is 0.444. The molecular weight excluding hydrogens is 168 g/mol. The molecule has 72 valence electrons. The highest BCUT2D eigenvalue weighted by atomic mass is 16.3. The third-order valence-corrected chi connectivity index (χ3v) is 2.09. The lowest BCUT2D eigenvalue weighted by Gasteiger charge is -2.22. The molecule has 0 spiro atoms. The highest BCUT2D eigenvalue weighted by molar-refractivity contribution is 5.93. The molecule has 13 heavy (non-hydrogen) atoms. The van der Waals surface area contributed by atoms with E-state index in [1.54, 1.807) is 18.0 Å². The summed E-state index contributed by atoms with van der Waals surface area (Å²) in [7, 11) is 1.73. The maximum atomic E-state index is 11.6.